The van der Waals surface area contributed by atoms with Crippen molar-refractivity contribution in [1.29, 1.82) is 0 Å². The molecule has 2 aromatic rings. The highest BCUT2D eigenvalue weighted by molar-refractivity contribution is 5.87. The molecule has 1 radical (unpaired) electrons. The fourth-order valence-corrected chi connectivity index (χ4v) is 3.89. The van der Waals surface area contributed by atoms with Crippen molar-refractivity contribution in [3.8, 4) is 0 Å². The van der Waals surface area contributed by atoms with E-state index in [0.29, 0.717) is 0 Å². The van der Waals surface area contributed by atoms with E-state index in [9.17, 15) is 0 Å². The van der Waals surface area contributed by atoms with Gasteiger partial charge in [-0.2, -0.15) is 0 Å². The van der Waals surface area contributed by atoms with E-state index in [-0.39, 0.29) is 0 Å². The third kappa shape index (κ3) is 1.43. The molecule has 2 saturated carbocycles. The van der Waals surface area contributed by atoms with Crippen LogP contribution < -0.4 is 0 Å². The molecule has 0 heteroatoms. The predicted molar refractivity (Wildman–Crippen MR) is 71.7 cm³/mol. The summed E-state index contributed by atoms with van der Waals surface area (Å²) < 4.78 is 0. The van der Waals surface area contributed by atoms with E-state index in [1.165, 1.54) is 42.0 Å². The van der Waals surface area contributed by atoms with Crippen LogP contribution in [0.1, 0.15) is 31.2 Å². The van der Waals surface area contributed by atoms with Gasteiger partial charge in [-0.25, -0.2) is 0 Å². The average molecular weight is 221 g/mol. The van der Waals surface area contributed by atoms with Gasteiger partial charge in [0.25, 0.3) is 0 Å². The molecule has 2 fully saturated rings. The van der Waals surface area contributed by atoms with Gasteiger partial charge < -0.3 is 0 Å². The highest BCUT2D eigenvalue weighted by atomic mass is 14.4. The molecule has 4 rings (SSSR count). The van der Waals surface area contributed by atoms with Crippen molar-refractivity contribution in [2.75, 3.05) is 0 Å². The van der Waals surface area contributed by atoms with E-state index in [4.69, 9.17) is 0 Å². The largest absolute Gasteiger partial charge is 0.0616 e. The summed E-state index contributed by atoms with van der Waals surface area (Å²) in [4.78, 5) is 0. The SMILES string of the molecule is c1ccc2c([C]3CC4CCC3C4)cccc2c1. The normalized spacial score (nSPS) is 28.0. The van der Waals surface area contributed by atoms with Crippen LogP contribution in [0.4, 0.5) is 0 Å². The second-order valence-electron chi connectivity index (χ2n) is 5.63. The first-order valence-corrected chi connectivity index (χ1v) is 6.75. The van der Waals surface area contributed by atoms with Crippen molar-refractivity contribution in [1.82, 2.24) is 0 Å². The Bertz CT molecular complexity index is 549. The van der Waals surface area contributed by atoms with Crippen molar-refractivity contribution in [3.05, 3.63) is 53.9 Å². The second-order valence-corrected chi connectivity index (χ2v) is 5.63. The Kier molecular flexibility index (Phi) is 2.05. The minimum absolute atomic E-state index is 0.894. The summed E-state index contributed by atoms with van der Waals surface area (Å²) in [5, 5.41) is 2.85. The van der Waals surface area contributed by atoms with Gasteiger partial charge in [0.1, 0.15) is 0 Å². The standard InChI is InChI=1S/C17H17/c1-2-6-15-13(4-1)5-3-7-16(15)17-11-12-8-9-14(17)10-12/h1-7,12,14H,8-11H2. The maximum atomic E-state index is 2.33. The lowest BCUT2D eigenvalue weighted by Crippen LogP contribution is -2.09. The van der Waals surface area contributed by atoms with Crippen LogP contribution in [0, 0.1) is 17.8 Å². The molecule has 2 aromatic carbocycles. The molecule has 0 amide bonds. The van der Waals surface area contributed by atoms with Crippen molar-refractivity contribution < 1.29 is 0 Å². The van der Waals surface area contributed by atoms with Gasteiger partial charge in [-0.3, -0.25) is 0 Å². The maximum Gasteiger partial charge on any atom is 0.00898 e. The van der Waals surface area contributed by atoms with Crippen LogP contribution >= 0.6 is 0 Å². The summed E-state index contributed by atoms with van der Waals surface area (Å²) in [6.07, 6.45) is 5.72. The van der Waals surface area contributed by atoms with Crippen LogP contribution in [-0.2, 0) is 0 Å². The first-order valence-electron chi connectivity index (χ1n) is 6.75. The molecule has 2 bridgehead atoms. The Hall–Kier alpha value is -1.30. The van der Waals surface area contributed by atoms with Gasteiger partial charge in [-0.15, -0.1) is 0 Å². The fourth-order valence-electron chi connectivity index (χ4n) is 3.89. The fraction of sp³-hybridized carbons (Fsp3) is 0.353. The van der Waals surface area contributed by atoms with Gasteiger partial charge in [0.2, 0.25) is 0 Å². The van der Waals surface area contributed by atoms with Crippen molar-refractivity contribution in [2.24, 2.45) is 11.8 Å². The predicted octanol–water partition coefficient (Wildman–Crippen LogP) is 4.58. The van der Waals surface area contributed by atoms with Gasteiger partial charge in [0.15, 0.2) is 0 Å². The van der Waals surface area contributed by atoms with Crippen molar-refractivity contribution in [2.45, 2.75) is 25.7 Å². The number of benzene rings is 2. The maximum absolute atomic E-state index is 2.33. The van der Waals surface area contributed by atoms with Crippen LogP contribution in [0.15, 0.2) is 42.5 Å². The van der Waals surface area contributed by atoms with Crippen molar-refractivity contribution in [3.63, 3.8) is 0 Å². The van der Waals surface area contributed by atoms with E-state index in [1.807, 2.05) is 0 Å². The third-order valence-corrected chi connectivity index (χ3v) is 4.68. The summed E-state index contributed by atoms with van der Waals surface area (Å²) >= 11 is 0. The Morgan fingerprint density at radius 2 is 1.76 bits per heavy atom. The molecular weight excluding hydrogens is 204 g/mol. The molecule has 2 aliphatic carbocycles. The number of hydrogen-bond acceptors (Lipinski definition) is 0. The molecule has 0 heterocycles. The summed E-state index contributed by atoms with van der Waals surface area (Å²) in [5.74, 6) is 3.64. The van der Waals surface area contributed by atoms with E-state index < -0.39 is 0 Å². The summed E-state index contributed by atoms with van der Waals surface area (Å²) in [6, 6.07) is 15.6. The monoisotopic (exact) mass is 221 g/mol. The molecular formula is C17H17. The quantitative estimate of drug-likeness (QED) is 0.661. The number of hydrogen-bond donors (Lipinski definition) is 0. The smallest absolute Gasteiger partial charge is 0.00898 e. The molecule has 2 atom stereocenters. The minimum atomic E-state index is 0.894. The molecule has 2 aliphatic rings. The van der Waals surface area contributed by atoms with E-state index in [0.717, 1.165) is 11.8 Å². The van der Waals surface area contributed by atoms with Gasteiger partial charge in [0.05, 0.1) is 0 Å². The minimum Gasteiger partial charge on any atom is -0.0616 e. The molecule has 0 aliphatic heterocycles. The zero-order valence-corrected chi connectivity index (χ0v) is 10.0. The molecule has 0 nitrogen and oxygen atoms in total. The Balaban J connectivity index is 1.85. The van der Waals surface area contributed by atoms with Gasteiger partial charge >= 0.3 is 0 Å². The highest BCUT2D eigenvalue weighted by Crippen LogP contribution is 2.53. The highest BCUT2D eigenvalue weighted by Gasteiger charge is 2.40. The Morgan fingerprint density at radius 1 is 0.882 bits per heavy atom. The van der Waals surface area contributed by atoms with E-state index in [2.05, 4.69) is 42.5 Å². The third-order valence-electron chi connectivity index (χ3n) is 4.68. The first-order chi connectivity index (χ1) is 8.42. The second kappa shape index (κ2) is 3.60. The average Bonchev–Trinajstić information content (AvgIpc) is 3.00. The van der Waals surface area contributed by atoms with Crippen LogP contribution in [0.2, 0.25) is 0 Å². The molecule has 0 saturated heterocycles. The molecule has 0 N–H and O–H groups in total. The van der Waals surface area contributed by atoms with E-state index >= 15 is 0 Å². The van der Waals surface area contributed by atoms with Crippen LogP contribution in [0.5, 0.6) is 0 Å². The van der Waals surface area contributed by atoms with Crippen LogP contribution in [0.3, 0.4) is 0 Å². The summed E-state index contributed by atoms with van der Waals surface area (Å²) in [5.41, 5.74) is 1.54. The number of rotatable bonds is 1. The lowest BCUT2D eigenvalue weighted by molar-refractivity contribution is 0.526. The lowest BCUT2D eigenvalue weighted by atomic mass is 9.81. The summed E-state index contributed by atoms with van der Waals surface area (Å²) in [7, 11) is 0. The zero-order chi connectivity index (χ0) is 11.2. The van der Waals surface area contributed by atoms with Crippen LogP contribution in [-0.4, -0.2) is 0 Å². The Morgan fingerprint density at radius 3 is 2.59 bits per heavy atom. The Labute approximate surface area is 103 Å². The number of fused-ring (bicyclic) bond motifs is 3. The topological polar surface area (TPSA) is 0 Å². The molecule has 17 heavy (non-hydrogen) atoms. The molecule has 0 spiro atoms. The zero-order valence-electron chi connectivity index (χ0n) is 10.0. The van der Waals surface area contributed by atoms with Gasteiger partial charge in [0, 0.05) is 5.92 Å². The first kappa shape index (κ1) is 9.70. The van der Waals surface area contributed by atoms with E-state index in [1.54, 1.807) is 5.92 Å². The van der Waals surface area contributed by atoms with Gasteiger partial charge in [-0.1, -0.05) is 48.9 Å². The summed E-state index contributed by atoms with van der Waals surface area (Å²) in [6.45, 7) is 0. The van der Waals surface area contributed by atoms with Gasteiger partial charge in [-0.05, 0) is 47.4 Å². The van der Waals surface area contributed by atoms with Crippen LogP contribution in [0.25, 0.3) is 10.8 Å². The van der Waals surface area contributed by atoms with Crippen molar-refractivity contribution >= 4 is 10.8 Å². The molecule has 0 aromatic heterocycles. The lowest BCUT2D eigenvalue weighted by Gasteiger charge is -2.22. The molecule has 85 valence electrons. The molecule has 2 unspecified atom stereocenters.